The number of aromatic nitrogens is 2. The summed E-state index contributed by atoms with van der Waals surface area (Å²) in [6.45, 7) is 37.2. The van der Waals surface area contributed by atoms with Crippen molar-refractivity contribution in [2.45, 2.75) is 151 Å². The van der Waals surface area contributed by atoms with E-state index in [2.05, 4.69) is 229 Å². The van der Waals surface area contributed by atoms with Gasteiger partial charge in [-0.1, -0.05) is 177 Å². The molecule has 1 aliphatic heterocycles. The van der Waals surface area contributed by atoms with Crippen molar-refractivity contribution in [3.8, 4) is 50.7 Å². The number of hydrogen-bond donors (Lipinski definition) is 0. The Morgan fingerprint density at radius 1 is 0.500 bits per heavy atom. The Labute approximate surface area is 522 Å². The number of halogens is 3. The zero-order valence-electron chi connectivity index (χ0n) is 52.5. The molecule has 2 aromatic heterocycles. The van der Waals surface area contributed by atoms with E-state index in [-0.39, 0.29) is 55.7 Å². The summed E-state index contributed by atoms with van der Waals surface area (Å²) in [5, 5.41) is 2.10. The molecule has 0 N–H and O–H groups in total. The predicted molar refractivity (Wildman–Crippen MR) is 348 cm³/mol. The summed E-state index contributed by atoms with van der Waals surface area (Å²) in [5.41, 5.74) is 15.9. The minimum atomic E-state index is -0.989. The number of ether oxygens (including phenoxy) is 1. The van der Waals surface area contributed by atoms with Crippen LogP contribution in [0.3, 0.4) is 0 Å². The molecule has 0 bridgehead atoms. The Balaban J connectivity index is 0.00000820. The first-order chi connectivity index (χ1) is 40.2. The molecule has 0 atom stereocenters. The Bertz CT molecular complexity index is 4140. The van der Waals surface area contributed by atoms with Gasteiger partial charge in [-0.15, -0.1) is 53.6 Å². The molecule has 0 saturated carbocycles. The molecule has 11 rings (SSSR count). The molecule has 0 fully saturated rings. The number of para-hydroxylation sites is 3. The largest absolute Gasteiger partial charge is 0.509 e. The number of rotatable bonds is 13. The van der Waals surface area contributed by atoms with Gasteiger partial charge in [0, 0.05) is 84.6 Å². The van der Waals surface area contributed by atoms with Gasteiger partial charge in [-0.3, -0.25) is 0 Å². The first-order valence-electron chi connectivity index (χ1n) is 30.1. The molecular weight excluding hydrogens is 1250 g/mol. The van der Waals surface area contributed by atoms with Crippen LogP contribution in [0.4, 0.5) is 35.9 Å². The molecule has 3 heterocycles. The van der Waals surface area contributed by atoms with Crippen LogP contribution in [-0.4, -0.2) is 9.55 Å². The van der Waals surface area contributed by atoms with Gasteiger partial charge in [0.2, 0.25) is 0 Å². The SMILES string of the molecule is CC(C)c1cc(-c2cc(C(C)(C)C)cc(-c3c(F)cc(F)cc3F)c2N2[CH-]N(c3[c-]c(Oc4[c-]c5c(cc4)c4ccccc4n5-c4cc(C(C)(C)C)ccn4)cc(-c4c(C(C)C)cc(C(C)C)cc4C(C)C)c3)c3ccccc32)cc(C(C)C)c1.[Pt]. The third-order valence-corrected chi connectivity index (χ3v) is 16.9. The average molecular weight is 1330 g/mol. The first kappa shape index (κ1) is 61.7. The molecule has 0 saturated heterocycles. The predicted octanol–water partition coefficient (Wildman–Crippen LogP) is 22.6. The van der Waals surface area contributed by atoms with Crippen LogP contribution in [-0.2, 0) is 31.9 Å². The standard InChI is InChI=1S/C77H78F3N4O.Pt/c1-44(2)49-29-50(45(3)4)31-52(30-49)64-36-55(77(14,15)16)37-65(74-66(79)39-56(78)40-67(74)80)75(64)83-43-82(69-23-19-20-24-70(69)83)57-32-53(73-62(47(7)8)34-51(46(5)6)35-63(73)48(9)10)33-59(41-57)85-58-25-26-61-60-21-17-18-22-68(60)84(71(61)42-58)72-38-54(27-28-81-72)76(11,12)13;/h17-40,43-48H,1-16H3;/q-3;. The van der Waals surface area contributed by atoms with E-state index in [9.17, 15) is 0 Å². The van der Waals surface area contributed by atoms with Crippen molar-refractivity contribution in [2.24, 2.45) is 0 Å². The summed E-state index contributed by atoms with van der Waals surface area (Å²) in [7, 11) is 0. The van der Waals surface area contributed by atoms with E-state index in [1.54, 1.807) is 0 Å². The van der Waals surface area contributed by atoms with Gasteiger partial charge >= 0.3 is 0 Å². The molecule has 8 aromatic carbocycles. The van der Waals surface area contributed by atoms with Gasteiger partial charge in [0.15, 0.2) is 0 Å². The van der Waals surface area contributed by atoms with Crippen LogP contribution in [0.25, 0.3) is 61.0 Å². The van der Waals surface area contributed by atoms with E-state index in [4.69, 9.17) is 9.72 Å². The molecule has 9 heteroatoms. The number of nitrogens with zero attached hydrogens (tertiary/aromatic N) is 4. The smallest absolute Gasteiger partial charge is 0.136 e. The van der Waals surface area contributed by atoms with E-state index >= 15 is 13.2 Å². The summed E-state index contributed by atoms with van der Waals surface area (Å²) in [6, 6.07) is 53.6. The number of hydrogen-bond acceptors (Lipinski definition) is 4. The number of fused-ring (bicyclic) bond motifs is 4. The van der Waals surface area contributed by atoms with Gasteiger partial charge in [0.1, 0.15) is 23.3 Å². The molecule has 0 aliphatic carbocycles. The molecule has 446 valence electrons. The third-order valence-electron chi connectivity index (χ3n) is 16.9. The second-order valence-corrected chi connectivity index (χ2v) is 26.8. The molecule has 5 nitrogen and oxygen atoms in total. The summed E-state index contributed by atoms with van der Waals surface area (Å²) in [6.07, 6.45) is 1.88. The van der Waals surface area contributed by atoms with Crippen LogP contribution in [0.1, 0.15) is 179 Å². The quantitative estimate of drug-likeness (QED) is 0.108. The van der Waals surface area contributed by atoms with Crippen LogP contribution in [0.15, 0.2) is 146 Å². The monoisotopic (exact) mass is 1330 g/mol. The van der Waals surface area contributed by atoms with Crippen molar-refractivity contribution in [3.05, 3.63) is 221 Å². The van der Waals surface area contributed by atoms with Gasteiger partial charge in [-0.05, 0) is 138 Å². The van der Waals surface area contributed by atoms with Crippen molar-refractivity contribution in [1.29, 1.82) is 0 Å². The van der Waals surface area contributed by atoms with Crippen LogP contribution >= 0.6 is 0 Å². The Kier molecular flexibility index (Phi) is 17.0. The average Bonchev–Trinajstić information content (AvgIpc) is 1.77. The summed E-state index contributed by atoms with van der Waals surface area (Å²) in [5.74, 6) is -0.170. The van der Waals surface area contributed by atoms with Crippen LogP contribution in [0.2, 0.25) is 0 Å². The maximum absolute atomic E-state index is 16.8. The second-order valence-electron chi connectivity index (χ2n) is 26.8. The molecule has 0 radical (unpaired) electrons. The van der Waals surface area contributed by atoms with E-state index in [1.165, 1.54) is 22.3 Å². The Morgan fingerprint density at radius 3 is 1.66 bits per heavy atom. The van der Waals surface area contributed by atoms with Crippen LogP contribution in [0.5, 0.6) is 11.5 Å². The van der Waals surface area contributed by atoms with E-state index < -0.39 is 22.9 Å². The molecule has 0 amide bonds. The molecule has 0 spiro atoms. The minimum absolute atomic E-state index is 0. The van der Waals surface area contributed by atoms with Gasteiger partial charge in [0.25, 0.3) is 0 Å². The van der Waals surface area contributed by atoms with E-state index in [0.717, 1.165) is 90.1 Å². The fraction of sp³-hybridized carbons (Fsp3) is 0.299. The summed E-state index contributed by atoms with van der Waals surface area (Å²) >= 11 is 0. The Hall–Kier alpha value is -7.41. The maximum Gasteiger partial charge on any atom is 0.136 e. The van der Waals surface area contributed by atoms with Crippen LogP contribution in [0, 0.1) is 36.3 Å². The number of anilines is 4. The molecule has 10 aromatic rings. The first-order valence-corrected chi connectivity index (χ1v) is 30.1. The maximum atomic E-state index is 16.8. The summed E-state index contributed by atoms with van der Waals surface area (Å²) < 4.78 is 58.1. The second kappa shape index (κ2) is 23.7. The van der Waals surface area contributed by atoms with Crippen molar-refractivity contribution in [2.75, 3.05) is 9.80 Å². The van der Waals surface area contributed by atoms with Crippen LogP contribution < -0.4 is 14.5 Å². The zero-order valence-corrected chi connectivity index (χ0v) is 54.7. The van der Waals surface area contributed by atoms with Gasteiger partial charge in [-0.25, -0.2) is 18.2 Å². The summed E-state index contributed by atoms with van der Waals surface area (Å²) in [4.78, 5) is 9.09. The number of pyridine rings is 1. The molecule has 1 aliphatic rings. The van der Waals surface area contributed by atoms with Gasteiger partial charge < -0.3 is 19.1 Å². The molecule has 0 unspecified atom stereocenters. The van der Waals surface area contributed by atoms with Crippen molar-refractivity contribution in [1.82, 2.24) is 9.55 Å². The minimum Gasteiger partial charge on any atom is -0.509 e. The fourth-order valence-corrected chi connectivity index (χ4v) is 12.0. The molecule has 86 heavy (non-hydrogen) atoms. The Morgan fingerprint density at radius 2 is 1.07 bits per heavy atom. The van der Waals surface area contributed by atoms with Crippen molar-refractivity contribution >= 4 is 44.6 Å². The van der Waals surface area contributed by atoms with Gasteiger partial charge in [-0.2, -0.15) is 6.07 Å². The third kappa shape index (κ3) is 11.7. The normalized spacial score (nSPS) is 12.9. The topological polar surface area (TPSA) is 33.5 Å². The number of benzene rings is 8. The zero-order chi connectivity index (χ0) is 60.7. The fourth-order valence-electron chi connectivity index (χ4n) is 12.0. The molecular formula is C77H78F3N4OPt-3. The van der Waals surface area contributed by atoms with Gasteiger partial charge in [0.05, 0.1) is 5.56 Å². The van der Waals surface area contributed by atoms with E-state index in [1.807, 2.05) is 48.1 Å². The van der Waals surface area contributed by atoms with Crippen molar-refractivity contribution in [3.63, 3.8) is 0 Å². The van der Waals surface area contributed by atoms with Crippen molar-refractivity contribution < 1.29 is 39.0 Å². The van der Waals surface area contributed by atoms with E-state index in [0.29, 0.717) is 34.4 Å².